The molecule has 0 amide bonds. The SMILES string of the molecule is Cc1ccc(C(=O)CC(=O)C2CC2)c(Cl)c1OCCc1ccc[nH]c1=O. The van der Waals surface area contributed by atoms with E-state index in [2.05, 4.69) is 4.98 Å². The Morgan fingerprint density at radius 3 is 2.73 bits per heavy atom. The summed E-state index contributed by atoms with van der Waals surface area (Å²) < 4.78 is 5.76. The summed E-state index contributed by atoms with van der Waals surface area (Å²) in [6, 6.07) is 6.88. The average molecular weight is 374 g/mol. The molecule has 1 aliphatic carbocycles. The lowest BCUT2D eigenvalue weighted by Crippen LogP contribution is -2.15. The number of hydrogen-bond acceptors (Lipinski definition) is 4. The van der Waals surface area contributed by atoms with Crippen LogP contribution in [0.4, 0.5) is 0 Å². The van der Waals surface area contributed by atoms with Crippen LogP contribution in [-0.4, -0.2) is 23.2 Å². The van der Waals surface area contributed by atoms with Crippen LogP contribution in [0.25, 0.3) is 0 Å². The maximum absolute atomic E-state index is 12.4. The number of benzene rings is 1. The van der Waals surface area contributed by atoms with Crippen molar-refractivity contribution in [1.29, 1.82) is 0 Å². The maximum atomic E-state index is 12.4. The number of Topliss-reactive ketones (excluding diaryl/α,β-unsaturated/α-hetero) is 2. The van der Waals surface area contributed by atoms with Crippen LogP contribution >= 0.6 is 11.6 Å². The molecule has 0 aliphatic heterocycles. The van der Waals surface area contributed by atoms with Crippen molar-refractivity contribution in [3.05, 3.63) is 62.5 Å². The third-order valence-corrected chi connectivity index (χ3v) is 4.85. The van der Waals surface area contributed by atoms with Gasteiger partial charge in [0.05, 0.1) is 18.1 Å². The summed E-state index contributed by atoms with van der Waals surface area (Å²) in [5, 5.41) is 0.223. The van der Waals surface area contributed by atoms with Gasteiger partial charge in [0, 0.05) is 29.7 Å². The summed E-state index contributed by atoms with van der Waals surface area (Å²) in [6.07, 6.45) is 3.63. The van der Waals surface area contributed by atoms with Gasteiger partial charge < -0.3 is 9.72 Å². The molecule has 0 spiro atoms. The highest BCUT2D eigenvalue weighted by Gasteiger charge is 2.31. The van der Waals surface area contributed by atoms with Crippen molar-refractivity contribution in [3.8, 4) is 5.75 Å². The van der Waals surface area contributed by atoms with Gasteiger partial charge in [0.25, 0.3) is 5.56 Å². The predicted octanol–water partition coefficient (Wildman–Crippen LogP) is 3.51. The number of hydrogen-bond donors (Lipinski definition) is 1. The third-order valence-electron chi connectivity index (χ3n) is 4.48. The molecule has 0 bridgehead atoms. The molecule has 0 saturated heterocycles. The number of aryl methyl sites for hydroxylation is 1. The van der Waals surface area contributed by atoms with Crippen LogP contribution < -0.4 is 10.3 Å². The molecule has 136 valence electrons. The second kappa shape index (κ2) is 7.87. The van der Waals surface area contributed by atoms with Gasteiger partial charge in [-0.1, -0.05) is 23.7 Å². The van der Waals surface area contributed by atoms with E-state index in [9.17, 15) is 14.4 Å². The first-order valence-electron chi connectivity index (χ1n) is 8.61. The number of nitrogens with one attached hydrogen (secondary N) is 1. The number of aromatic nitrogens is 1. The molecule has 6 heteroatoms. The summed E-state index contributed by atoms with van der Waals surface area (Å²) in [5.41, 5.74) is 1.56. The van der Waals surface area contributed by atoms with Gasteiger partial charge in [-0.05, 0) is 37.5 Å². The van der Waals surface area contributed by atoms with Crippen molar-refractivity contribution in [2.75, 3.05) is 6.61 Å². The predicted molar refractivity (Wildman–Crippen MR) is 99.1 cm³/mol. The van der Waals surface area contributed by atoms with E-state index in [1.54, 1.807) is 30.5 Å². The van der Waals surface area contributed by atoms with Crippen molar-refractivity contribution >= 4 is 23.2 Å². The summed E-state index contributed by atoms with van der Waals surface area (Å²) >= 11 is 6.38. The molecule has 0 unspecified atom stereocenters. The van der Waals surface area contributed by atoms with Crippen LogP contribution in [0, 0.1) is 12.8 Å². The molecule has 1 fully saturated rings. The Balaban J connectivity index is 1.70. The normalized spacial score (nSPS) is 13.5. The molecule has 1 aromatic heterocycles. The number of carbonyl (C=O) groups excluding carboxylic acids is 2. The van der Waals surface area contributed by atoms with Crippen LogP contribution in [0.5, 0.6) is 5.75 Å². The van der Waals surface area contributed by atoms with Gasteiger partial charge in [0.1, 0.15) is 11.5 Å². The summed E-state index contributed by atoms with van der Waals surface area (Å²) in [5.74, 6) is 0.167. The molecule has 1 aromatic carbocycles. The molecule has 1 saturated carbocycles. The molecule has 5 nitrogen and oxygen atoms in total. The quantitative estimate of drug-likeness (QED) is 0.567. The lowest BCUT2D eigenvalue weighted by Gasteiger charge is -2.13. The van der Waals surface area contributed by atoms with Gasteiger partial charge in [0.15, 0.2) is 5.78 Å². The second-order valence-electron chi connectivity index (χ2n) is 6.54. The maximum Gasteiger partial charge on any atom is 0.251 e. The Morgan fingerprint density at radius 1 is 1.27 bits per heavy atom. The second-order valence-corrected chi connectivity index (χ2v) is 6.91. The Bertz CT molecular complexity index is 899. The molecule has 1 N–H and O–H groups in total. The van der Waals surface area contributed by atoms with E-state index < -0.39 is 0 Å². The molecule has 3 rings (SSSR count). The number of ketones is 2. The molecular formula is C20H20ClNO4. The highest BCUT2D eigenvalue weighted by Crippen LogP contribution is 2.35. The number of aromatic amines is 1. The number of rotatable bonds is 8. The first-order valence-corrected chi connectivity index (χ1v) is 8.99. The molecule has 2 aromatic rings. The highest BCUT2D eigenvalue weighted by molar-refractivity contribution is 6.36. The monoisotopic (exact) mass is 373 g/mol. The Morgan fingerprint density at radius 2 is 2.04 bits per heavy atom. The van der Waals surface area contributed by atoms with Gasteiger partial charge in [-0.3, -0.25) is 14.4 Å². The van der Waals surface area contributed by atoms with Crippen molar-refractivity contribution in [2.24, 2.45) is 5.92 Å². The molecule has 0 radical (unpaired) electrons. The standard InChI is InChI=1S/C20H20ClNO4/c1-12-4-7-15(17(24)11-16(23)13-5-6-13)18(21)19(12)26-10-8-14-3-2-9-22-20(14)25/h2-4,7,9,13H,5-6,8,10-11H2,1H3,(H,22,25). The van der Waals surface area contributed by atoms with E-state index >= 15 is 0 Å². The fourth-order valence-corrected chi connectivity index (χ4v) is 3.14. The van der Waals surface area contributed by atoms with Crippen molar-refractivity contribution in [3.63, 3.8) is 0 Å². The highest BCUT2D eigenvalue weighted by atomic mass is 35.5. The van der Waals surface area contributed by atoms with E-state index in [0.29, 0.717) is 23.3 Å². The van der Waals surface area contributed by atoms with Crippen LogP contribution in [0.15, 0.2) is 35.3 Å². The van der Waals surface area contributed by atoms with E-state index in [4.69, 9.17) is 16.3 Å². The first-order chi connectivity index (χ1) is 12.5. The van der Waals surface area contributed by atoms with Crippen LogP contribution in [0.2, 0.25) is 5.02 Å². The van der Waals surface area contributed by atoms with Gasteiger partial charge in [-0.2, -0.15) is 0 Å². The number of ether oxygens (including phenoxy) is 1. The molecule has 1 heterocycles. The Hall–Kier alpha value is -2.40. The Kier molecular flexibility index (Phi) is 5.57. The Labute approximate surface area is 156 Å². The van der Waals surface area contributed by atoms with Crippen LogP contribution in [0.3, 0.4) is 0 Å². The van der Waals surface area contributed by atoms with Crippen LogP contribution in [0.1, 0.15) is 40.7 Å². The molecule has 26 heavy (non-hydrogen) atoms. The van der Waals surface area contributed by atoms with Crippen molar-refractivity contribution in [1.82, 2.24) is 4.98 Å². The first kappa shape index (κ1) is 18.4. The van der Waals surface area contributed by atoms with Crippen molar-refractivity contribution in [2.45, 2.75) is 32.6 Å². The summed E-state index contributed by atoms with van der Waals surface area (Å²) in [4.78, 5) is 38.6. The number of halogens is 1. The number of H-pyrrole nitrogens is 1. The third kappa shape index (κ3) is 4.22. The minimum Gasteiger partial charge on any atom is -0.491 e. The summed E-state index contributed by atoms with van der Waals surface area (Å²) in [6.45, 7) is 2.09. The zero-order valence-corrected chi connectivity index (χ0v) is 15.3. The van der Waals surface area contributed by atoms with E-state index in [-0.39, 0.29) is 41.1 Å². The van der Waals surface area contributed by atoms with Crippen LogP contribution in [-0.2, 0) is 11.2 Å². The van der Waals surface area contributed by atoms with Gasteiger partial charge >= 0.3 is 0 Å². The minimum atomic E-state index is -0.281. The molecule has 0 atom stereocenters. The molecular weight excluding hydrogens is 354 g/mol. The minimum absolute atomic E-state index is 0.0163. The fraction of sp³-hybridized carbons (Fsp3) is 0.350. The topological polar surface area (TPSA) is 76.2 Å². The van der Waals surface area contributed by atoms with E-state index in [0.717, 1.165) is 18.4 Å². The lowest BCUT2D eigenvalue weighted by molar-refractivity contribution is -0.119. The zero-order chi connectivity index (χ0) is 18.7. The fourth-order valence-electron chi connectivity index (χ4n) is 2.76. The lowest BCUT2D eigenvalue weighted by atomic mass is 10.0. The van der Waals surface area contributed by atoms with E-state index in [1.807, 2.05) is 6.92 Å². The largest absolute Gasteiger partial charge is 0.491 e. The molecule has 1 aliphatic rings. The van der Waals surface area contributed by atoms with Gasteiger partial charge in [-0.15, -0.1) is 0 Å². The van der Waals surface area contributed by atoms with E-state index in [1.165, 1.54) is 0 Å². The smallest absolute Gasteiger partial charge is 0.251 e. The average Bonchev–Trinajstić information content (AvgIpc) is 3.44. The number of pyridine rings is 1. The number of carbonyl (C=O) groups is 2. The summed E-state index contributed by atoms with van der Waals surface area (Å²) in [7, 11) is 0. The van der Waals surface area contributed by atoms with Gasteiger partial charge in [-0.25, -0.2) is 0 Å². The zero-order valence-electron chi connectivity index (χ0n) is 14.5. The van der Waals surface area contributed by atoms with Gasteiger partial charge in [0.2, 0.25) is 0 Å². The van der Waals surface area contributed by atoms with Crippen molar-refractivity contribution < 1.29 is 14.3 Å².